The van der Waals surface area contributed by atoms with Crippen LogP contribution < -0.4 is 10.5 Å². The average molecular weight is 273 g/mol. The molecule has 0 unspecified atom stereocenters. The van der Waals surface area contributed by atoms with Gasteiger partial charge in [-0.3, -0.25) is 0 Å². The Hall–Kier alpha value is -1.61. The Labute approximate surface area is 119 Å². The zero-order valence-electron chi connectivity index (χ0n) is 11.5. The molecule has 2 rings (SSSR count). The summed E-state index contributed by atoms with van der Waals surface area (Å²) in [6.45, 7) is 4.40. The van der Waals surface area contributed by atoms with Gasteiger partial charge in [0.15, 0.2) is 0 Å². The number of nitrogens with two attached hydrogens (primary N) is 1. The van der Waals surface area contributed by atoms with Crippen LogP contribution in [0.2, 0.25) is 0 Å². The minimum absolute atomic E-state index is 0.565. The zero-order chi connectivity index (χ0) is 13.8. The van der Waals surface area contributed by atoms with Crippen LogP contribution in [-0.4, -0.2) is 7.11 Å². The molecule has 0 saturated heterocycles. The summed E-state index contributed by atoms with van der Waals surface area (Å²) in [4.78, 5) is 2.35. The van der Waals surface area contributed by atoms with Crippen molar-refractivity contribution in [1.29, 1.82) is 0 Å². The Kier molecular flexibility index (Phi) is 4.38. The third-order valence-corrected chi connectivity index (χ3v) is 3.98. The van der Waals surface area contributed by atoms with E-state index in [2.05, 4.69) is 38.1 Å². The zero-order valence-corrected chi connectivity index (χ0v) is 12.3. The van der Waals surface area contributed by atoms with E-state index in [1.165, 1.54) is 10.5 Å². The smallest absolute Gasteiger partial charge is 0.142 e. The molecular formula is C16H19NOS. The third kappa shape index (κ3) is 3.44. The molecule has 0 aliphatic carbocycles. The Bertz CT molecular complexity index is 549. The number of benzene rings is 2. The fourth-order valence-electron chi connectivity index (χ4n) is 1.81. The number of nitrogen functional groups attached to an aromatic ring is 1. The number of methoxy groups -OCH3 is 1. The molecule has 0 atom stereocenters. The van der Waals surface area contributed by atoms with Crippen LogP contribution in [-0.2, 0) is 0 Å². The van der Waals surface area contributed by atoms with Crippen molar-refractivity contribution in [3.8, 4) is 5.75 Å². The summed E-state index contributed by atoms with van der Waals surface area (Å²) >= 11 is 1.71. The van der Waals surface area contributed by atoms with E-state index in [0.717, 1.165) is 10.6 Å². The molecule has 0 fully saturated rings. The van der Waals surface area contributed by atoms with Crippen LogP contribution >= 0.6 is 11.8 Å². The molecule has 19 heavy (non-hydrogen) atoms. The van der Waals surface area contributed by atoms with Crippen molar-refractivity contribution < 1.29 is 4.74 Å². The van der Waals surface area contributed by atoms with Crippen molar-refractivity contribution in [2.24, 2.45) is 0 Å². The fourth-order valence-corrected chi connectivity index (χ4v) is 2.66. The lowest BCUT2D eigenvalue weighted by Gasteiger charge is -2.09. The molecule has 2 nitrogen and oxygen atoms in total. The second-order valence-electron chi connectivity index (χ2n) is 4.73. The second kappa shape index (κ2) is 6.02. The maximum absolute atomic E-state index is 5.81. The second-order valence-corrected chi connectivity index (χ2v) is 5.88. The van der Waals surface area contributed by atoms with Gasteiger partial charge in [0, 0.05) is 9.79 Å². The minimum Gasteiger partial charge on any atom is -0.495 e. The molecule has 0 saturated carbocycles. The molecule has 0 amide bonds. The summed E-state index contributed by atoms with van der Waals surface area (Å²) in [6, 6.07) is 14.5. The van der Waals surface area contributed by atoms with Gasteiger partial charge in [0.05, 0.1) is 12.8 Å². The molecule has 2 aromatic rings. The first kappa shape index (κ1) is 13.8. The topological polar surface area (TPSA) is 35.2 Å². The first-order chi connectivity index (χ1) is 9.10. The Morgan fingerprint density at radius 3 is 2.21 bits per heavy atom. The maximum Gasteiger partial charge on any atom is 0.142 e. The summed E-state index contributed by atoms with van der Waals surface area (Å²) in [5.74, 6) is 1.29. The highest BCUT2D eigenvalue weighted by Gasteiger charge is 2.04. The van der Waals surface area contributed by atoms with Gasteiger partial charge in [-0.05, 0) is 41.8 Å². The Morgan fingerprint density at radius 1 is 1.00 bits per heavy atom. The van der Waals surface area contributed by atoms with Crippen molar-refractivity contribution in [3.05, 3.63) is 48.0 Å². The normalized spacial score (nSPS) is 10.7. The monoisotopic (exact) mass is 273 g/mol. The molecule has 0 aromatic heterocycles. The van der Waals surface area contributed by atoms with E-state index in [1.54, 1.807) is 18.9 Å². The molecule has 100 valence electrons. The van der Waals surface area contributed by atoms with E-state index in [9.17, 15) is 0 Å². The predicted octanol–water partition coefficient (Wildman–Crippen LogP) is 4.55. The fraction of sp³-hybridized carbons (Fsp3) is 0.250. The van der Waals surface area contributed by atoms with Gasteiger partial charge >= 0.3 is 0 Å². The highest BCUT2D eigenvalue weighted by Crippen LogP contribution is 2.33. The molecule has 0 aliphatic rings. The summed E-state index contributed by atoms with van der Waals surface area (Å²) in [7, 11) is 1.64. The van der Waals surface area contributed by atoms with Gasteiger partial charge < -0.3 is 10.5 Å². The van der Waals surface area contributed by atoms with Crippen LogP contribution in [0.15, 0.2) is 52.3 Å². The molecule has 2 aromatic carbocycles. The van der Waals surface area contributed by atoms with Crippen LogP contribution in [0.25, 0.3) is 0 Å². The van der Waals surface area contributed by atoms with Crippen molar-refractivity contribution in [1.82, 2.24) is 0 Å². The first-order valence-corrected chi connectivity index (χ1v) is 7.13. The summed E-state index contributed by atoms with van der Waals surface area (Å²) in [5, 5.41) is 0. The molecule has 0 heterocycles. The number of ether oxygens (including phenoxy) is 1. The summed E-state index contributed by atoms with van der Waals surface area (Å²) < 4.78 is 5.24. The molecular weight excluding hydrogens is 254 g/mol. The average Bonchev–Trinajstić information content (AvgIpc) is 2.41. The summed E-state index contributed by atoms with van der Waals surface area (Å²) in [6.07, 6.45) is 0. The van der Waals surface area contributed by atoms with E-state index in [4.69, 9.17) is 10.5 Å². The minimum atomic E-state index is 0.565. The van der Waals surface area contributed by atoms with E-state index in [0.29, 0.717) is 11.6 Å². The van der Waals surface area contributed by atoms with Crippen LogP contribution in [0.5, 0.6) is 5.75 Å². The van der Waals surface area contributed by atoms with Crippen LogP contribution in [0.4, 0.5) is 5.69 Å². The maximum atomic E-state index is 5.81. The molecule has 0 aliphatic heterocycles. The van der Waals surface area contributed by atoms with Gasteiger partial charge in [-0.2, -0.15) is 0 Å². The molecule has 0 radical (unpaired) electrons. The first-order valence-electron chi connectivity index (χ1n) is 6.31. The lowest BCUT2D eigenvalue weighted by molar-refractivity contribution is 0.416. The third-order valence-electron chi connectivity index (χ3n) is 2.99. The van der Waals surface area contributed by atoms with Crippen molar-refractivity contribution in [2.45, 2.75) is 29.6 Å². The van der Waals surface area contributed by atoms with Gasteiger partial charge in [-0.15, -0.1) is 0 Å². The molecule has 0 bridgehead atoms. The molecule has 0 spiro atoms. The van der Waals surface area contributed by atoms with Gasteiger partial charge in [0.1, 0.15) is 5.75 Å². The lowest BCUT2D eigenvalue weighted by atomic mass is 10.0. The molecule has 3 heteroatoms. The largest absolute Gasteiger partial charge is 0.495 e. The van der Waals surface area contributed by atoms with Crippen LogP contribution in [0, 0.1) is 0 Å². The Balaban J connectivity index is 2.16. The van der Waals surface area contributed by atoms with Gasteiger partial charge in [0.2, 0.25) is 0 Å². The number of rotatable bonds is 4. The predicted molar refractivity (Wildman–Crippen MR) is 82.1 cm³/mol. The quantitative estimate of drug-likeness (QED) is 0.830. The molecule has 2 N–H and O–H groups in total. The Morgan fingerprint density at radius 2 is 1.63 bits per heavy atom. The van der Waals surface area contributed by atoms with Crippen LogP contribution in [0.3, 0.4) is 0 Å². The van der Waals surface area contributed by atoms with E-state index >= 15 is 0 Å². The van der Waals surface area contributed by atoms with Gasteiger partial charge in [-0.1, -0.05) is 37.7 Å². The van der Waals surface area contributed by atoms with E-state index < -0.39 is 0 Å². The van der Waals surface area contributed by atoms with Gasteiger partial charge in [0.25, 0.3) is 0 Å². The summed E-state index contributed by atoms with van der Waals surface area (Å²) in [5.41, 5.74) is 7.84. The van der Waals surface area contributed by atoms with Crippen molar-refractivity contribution >= 4 is 17.4 Å². The number of hydrogen-bond donors (Lipinski definition) is 1. The van der Waals surface area contributed by atoms with Crippen LogP contribution in [0.1, 0.15) is 25.3 Å². The van der Waals surface area contributed by atoms with Crippen molar-refractivity contribution in [2.75, 3.05) is 12.8 Å². The lowest BCUT2D eigenvalue weighted by Crippen LogP contribution is -1.91. The highest BCUT2D eigenvalue weighted by molar-refractivity contribution is 7.99. The van der Waals surface area contributed by atoms with E-state index in [-0.39, 0.29) is 0 Å². The number of hydrogen-bond acceptors (Lipinski definition) is 3. The highest BCUT2D eigenvalue weighted by atomic mass is 32.2. The van der Waals surface area contributed by atoms with Crippen molar-refractivity contribution in [3.63, 3.8) is 0 Å². The number of anilines is 1. The van der Waals surface area contributed by atoms with E-state index in [1.807, 2.05) is 18.2 Å². The SMILES string of the molecule is COc1cc(Sc2ccc(C(C)C)cc2)ccc1N. The standard InChI is InChI=1S/C16H19NOS/c1-11(2)12-4-6-13(7-5-12)19-14-8-9-15(17)16(10-14)18-3/h4-11H,17H2,1-3H3. The van der Waals surface area contributed by atoms with Gasteiger partial charge in [-0.25, -0.2) is 0 Å².